The van der Waals surface area contributed by atoms with Gasteiger partial charge in [-0.05, 0) is 132 Å². The topological polar surface area (TPSA) is 257 Å². The van der Waals surface area contributed by atoms with Crippen LogP contribution in [0.3, 0.4) is 0 Å². The van der Waals surface area contributed by atoms with E-state index in [1.807, 2.05) is 210 Å². The summed E-state index contributed by atoms with van der Waals surface area (Å²) in [4.78, 5) is 34.4. The highest BCUT2D eigenvalue weighted by atomic mass is 32.2. The number of aromatic nitrogens is 8. The third-order valence-electron chi connectivity index (χ3n) is 19.6. The normalized spacial score (nSPS) is 12.3. The Morgan fingerprint density at radius 1 is 0.407 bits per heavy atom. The van der Waals surface area contributed by atoms with Crippen molar-refractivity contribution in [2.45, 2.75) is 111 Å². The molecule has 0 unspecified atom stereocenters. The van der Waals surface area contributed by atoms with Crippen LogP contribution >= 0.6 is 0 Å². The molecular weight excluding hydrogens is 1450 g/mol. The average Bonchev–Trinajstić information content (AvgIpc) is 1.54. The van der Waals surface area contributed by atoms with Crippen molar-refractivity contribution >= 4 is 31.2 Å². The van der Waals surface area contributed by atoms with Gasteiger partial charge in [-0.2, -0.15) is 0 Å². The van der Waals surface area contributed by atoms with Crippen molar-refractivity contribution in [3.05, 3.63) is 289 Å². The fourth-order valence-corrected chi connectivity index (χ4v) is 15.6. The van der Waals surface area contributed by atoms with Crippen LogP contribution in [-0.4, -0.2) is 98.1 Å². The van der Waals surface area contributed by atoms with E-state index in [-0.39, 0.29) is 27.9 Å². The Bertz CT molecular complexity index is 5600. The number of aromatic amines is 4. The van der Waals surface area contributed by atoms with Gasteiger partial charge in [-0.1, -0.05) is 240 Å². The zero-order valence-electron chi connectivity index (χ0n) is 64.8. The van der Waals surface area contributed by atoms with Gasteiger partial charge >= 0.3 is 0 Å². The number of benzene rings is 10. The summed E-state index contributed by atoms with van der Waals surface area (Å²) in [6.07, 6.45) is 12.8. The number of unbranched alkanes of at least 4 members (excludes halogenated alkanes) is 9. The van der Waals surface area contributed by atoms with Crippen molar-refractivity contribution in [1.29, 1.82) is 0 Å². The molecule has 0 atom stereocenters. The number of imidazole rings is 4. The summed E-state index contributed by atoms with van der Waals surface area (Å²) in [5.41, 5.74) is 16.9. The van der Waals surface area contributed by atoms with Gasteiger partial charge in [-0.15, -0.1) is 0 Å². The van der Waals surface area contributed by atoms with Crippen molar-refractivity contribution in [3.8, 4) is 119 Å². The number of aromatic hydroxyl groups is 2. The van der Waals surface area contributed by atoms with E-state index in [2.05, 4.69) is 77.6 Å². The third kappa shape index (κ3) is 21.7. The van der Waals surface area contributed by atoms with Gasteiger partial charge in [0.05, 0.1) is 57.0 Å². The summed E-state index contributed by atoms with van der Waals surface area (Å²) < 4.78 is 64.8. The van der Waals surface area contributed by atoms with E-state index >= 15 is 0 Å². The zero-order valence-corrected chi connectivity index (χ0v) is 66.5. The van der Waals surface area contributed by atoms with Crippen LogP contribution in [0.1, 0.15) is 99.5 Å². The van der Waals surface area contributed by atoms with Gasteiger partial charge in [0, 0.05) is 80.5 Å². The second-order valence-electron chi connectivity index (χ2n) is 28.1. The molecule has 15 rings (SSSR count). The molecule has 10 aromatic carbocycles. The molecule has 113 heavy (non-hydrogen) atoms. The predicted molar refractivity (Wildman–Crippen MR) is 457 cm³/mol. The molecule has 4 aromatic heterocycles. The minimum Gasteiger partial charge on any atom is -0.507 e. The van der Waals surface area contributed by atoms with Crippen LogP contribution in [0.4, 0.5) is 11.4 Å². The molecule has 0 spiro atoms. The van der Waals surface area contributed by atoms with Crippen LogP contribution in [-0.2, 0) is 19.9 Å². The number of nitrogens with zero attached hydrogens (tertiary/aromatic N) is 5. The number of rotatable bonds is 26. The van der Waals surface area contributed by atoms with Gasteiger partial charge in [-0.3, -0.25) is 4.72 Å². The SMILES string of the molecule is CCCCCCCCCCCCOc1ccc(S(=O)(=O)Nc2ccccc2-c2nc(-c3ccccc3)[nH]c2C)cc1.Cc1[nH]c(-c2ccccc2)nc1-c1ccccc1O.Cc1[nH]c(-c2ccccc2)nc1-c1ccccc1Oc1ccc(N2CCS(=O)(=O)CC2)cc1.Cc1ccc(-c2nc(-c3ccccc3O)[nH]c2C)cc1. The molecule has 1 aliphatic heterocycles. The Balaban J connectivity index is 0.000000146. The van der Waals surface area contributed by atoms with E-state index < -0.39 is 19.9 Å². The van der Waals surface area contributed by atoms with E-state index in [4.69, 9.17) is 19.4 Å². The third-order valence-corrected chi connectivity index (χ3v) is 22.6. The molecule has 0 radical (unpaired) electrons. The number of para-hydroxylation sites is 4. The molecule has 0 bridgehead atoms. The largest absolute Gasteiger partial charge is 0.507 e. The summed E-state index contributed by atoms with van der Waals surface area (Å²) in [6, 6.07) is 82.2. The summed E-state index contributed by atoms with van der Waals surface area (Å²) in [5, 5.41) is 19.8. The molecule has 20 heteroatoms. The van der Waals surface area contributed by atoms with Crippen LogP contribution in [0.25, 0.3) is 90.6 Å². The number of sulfonamides is 1. The Labute approximate surface area is 663 Å². The summed E-state index contributed by atoms with van der Waals surface area (Å²) in [6.45, 7) is 13.9. The first-order valence-electron chi connectivity index (χ1n) is 38.6. The number of H-pyrrole nitrogens is 4. The molecule has 5 heterocycles. The highest BCUT2D eigenvalue weighted by molar-refractivity contribution is 7.92. The first-order chi connectivity index (χ1) is 54.9. The fraction of sp³-hybridized carbons (Fsp3) is 0.226. The first-order valence-corrected chi connectivity index (χ1v) is 41.9. The Hall–Kier alpha value is -12.3. The van der Waals surface area contributed by atoms with Crippen molar-refractivity contribution < 1.29 is 36.5 Å². The van der Waals surface area contributed by atoms with Crippen molar-refractivity contribution in [1.82, 2.24) is 39.9 Å². The Morgan fingerprint density at radius 2 is 0.814 bits per heavy atom. The minimum atomic E-state index is -3.81. The van der Waals surface area contributed by atoms with E-state index in [1.54, 1.807) is 54.6 Å². The second kappa shape index (κ2) is 38.6. The number of aryl methyl sites for hydroxylation is 5. The quantitative estimate of drug-likeness (QED) is 0.0249. The minimum absolute atomic E-state index is 0.183. The van der Waals surface area contributed by atoms with Gasteiger partial charge in [0.15, 0.2) is 9.84 Å². The molecule has 1 aliphatic rings. The molecule has 580 valence electrons. The monoisotopic (exact) mass is 1550 g/mol. The molecule has 7 N–H and O–H groups in total. The van der Waals surface area contributed by atoms with E-state index in [0.29, 0.717) is 59.5 Å². The summed E-state index contributed by atoms with van der Waals surface area (Å²) >= 11 is 0. The summed E-state index contributed by atoms with van der Waals surface area (Å²) in [5.74, 6) is 6.08. The number of hydrogen-bond donors (Lipinski definition) is 7. The van der Waals surface area contributed by atoms with Crippen LogP contribution in [0.2, 0.25) is 0 Å². The van der Waals surface area contributed by atoms with Crippen molar-refractivity contribution in [2.75, 3.05) is 40.8 Å². The van der Waals surface area contributed by atoms with Crippen molar-refractivity contribution in [3.63, 3.8) is 0 Å². The molecule has 1 saturated heterocycles. The Kier molecular flexibility index (Phi) is 27.4. The van der Waals surface area contributed by atoms with Crippen LogP contribution < -0.4 is 19.1 Å². The maximum Gasteiger partial charge on any atom is 0.261 e. The van der Waals surface area contributed by atoms with Crippen LogP contribution in [0, 0.1) is 34.6 Å². The number of phenols is 2. The van der Waals surface area contributed by atoms with Crippen LogP contribution in [0.15, 0.2) is 266 Å². The maximum atomic E-state index is 13.3. The lowest BCUT2D eigenvalue weighted by Crippen LogP contribution is -2.40. The number of nitrogens with one attached hydrogen (secondary N) is 5. The molecule has 1 fully saturated rings. The lowest BCUT2D eigenvalue weighted by molar-refractivity contribution is 0.304. The van der Waals surface area contributed by atoms with E-state index in [9.17, 15) is 27.0 Å². The number of ether oxygens (including phenoxy) is 2. The average molecular weight is 1550 g/mol. The predicted octanol–water partition coefficient (Wildman–Crippen LogP) is 22.1. The number of phenolic OH excluding ortho intramolecular Hbond substituents is 2. The number of hydrogen-bond acceptors (Lipinski definition) is 13. The van der Waals surface area contributed by atoms with Gasteiger partial charge in [0.25, 0.3) is 10.0 Å². The zero-order chi connectivity index (χ0) is 79.1. The number of sulfone groups is 1. The van der Waals surface area contributed by atoms with Gasteiger partial charge in [-0.25, -0.2) is 36.8 Å². The standard InChI is InChI=1S/C34H43N3O3S.C26H25N3O3S.C17H16N2O.C16H14N2O/c1-3-4-5-6-7-8-9-10-11-17-26-40-29-22-24-30(25-23-29)41(38,39)37-32-21-16-15-20-31(32)33-27(2)35-34(36-33)28-18-13-12-14-19-28;1-19-25(28-26(27-19)20-7-3-2-4-8-20)23-9-5-6-10-24(23)32-22-13-11-21(12-14-22)29-15-17-33(30,31)18-16-29;1-11-7-9-13(10-8-11)16-12(2)18-17(19-16)14-5-3-4-6-15(14)20;1-11-15(13-9-5-6-10-14(13)19)18-16(17-11)12-7-3-2-4-8-12/h12-16,18-25,37H,3-11,17,26H2,1-2H3,(H,35,36);2-14H,15-18H2,1H3,(H,27,28);3-10,20H,1-2H3,(H,18,19);2-10,19H,1H3,(H,17,18). The molecular formula is C93H98N10O8S2. The Morgan fingerprint density at radius 3 is 1.34 bits per heavy atom. The summed E-state index contributed by atoms with van der Waals surface area (Å²) in [7, 11) is -6.71. The highest BCUT2D eigenvalue weighted by Gasteiger charge is 2.24. The molecule has 0 saturated carbocycles. The highest BCUT2D eigenvalue weighted by Crippen LogP contribution is 2.39. The second-order valence-corrected chi connectivity index (χ2v) is 32.1. The first kappa shape index (κ1) is 80.3. The van der Waals surface area contributed by atoms with Crippen molar-refractivity contribution in [2.24, 2.45) is 0 Å². The van der Waals surface area contributed by atoms with Gasteiger partial charge in [0.1, 0.15) is 52.0 Å². The molecule has 0 aliphatic carbocycles. The van der Waals surface area contributed by atoms with E-state index in [1.165, 1.54) is 56.9 Å². The molecule has 0 amide bonds. The van der Waals surface area contributed by atoms with Crippen LogP contribution in [0.5, 0.6) is 28.7 Å². The lowest BCUT2D eigenvalue weighted by Gasteiger charge is -2.28. The smallest absolute Gasteiger partial charge is 0.261 e. The molecule has 14 aromatic rings. The van der Waals surface area contributed by atoms with Gasteiger partial charge < -0.3 is 44.5 Å². The molecule has 18 nitrogen and oxygen atoms in total. The van der Waals surface area contributed by atoms with E-state index in [0.717, 1.165) is 115 Å². The lowest BCUT2D eigenvalue weighted by atomic mass is 10.1. The van der Waals surface area contributed by atoms with Gasteiger partial charge in [0.2, 0.25) is 0 Å². The number of anilines is 2. The maximum absolute atomic E-state index is 13.3. The fourth-order valence-electron chi connectivity index (χ4n) is 13.3.